The van der Waals surface area contributed by atoms with Gasteiger partial charge in [0.15, 0.2) is 0 Å². The molecule has 0 unspecified atom stereocenters. The van der Waals surface area contributed by atoms with E-state index in [1.807, 2.05) is 19.1 Å². The zero-order valence-corrected chi connectivity index (χ0v) is 20.6. The van der Waals surface area contributed by atoms with E-state index in [4.69, 9.17) is 28.6 Å². The molecule has 7 nitrogen and oxygen atoms in total. The second kappa shape index (κ2) is 13.5. The van der Waals surface area contributed by atoms with Crippen LogP contribution in [0.15, 0.2) is 41.4 Å². The number of amides is 1. The van der Waals surface area contributed by atoms with Gasteiger partial charge in [-0.25, -0.2) is 0 Å². The van der Waals surface area contributed by atoms with Crippen molar-refractivity contribution in [2.24, 2.45) is 0 Å². The third-order valence-electron chi connectivity index (χ3n) is 5.29. The molecular weight excluding hydrogens is 447 g/mol. The smallest absolute Gasteiger partial charge is 0.273 e. The molecule has 1 amide bonds. The fourth-order valence-electron chi connectivity index (χ4n) is 3.28. The number of rotatable bonds is 11. The molecule has 0 saturated carbocycles. The van der Waals surface area contributed by atoms with Crippen LogP contribution in [0.2, 0.25) is 10.0 Å². The van der Waals surface area contributed by atoms with Crippen LogP contribution in [-0.2, 0) is 11.3 Å². The van der Waals surface area contributed by atoms with Crippen LogP contribution in [0.4, 0.5) is 0 Å². The van der Waals surface area contributed by atoms with Gasteiger partial charge in [0.05, 0.1) is 10.0 Å². The van der Waals surface area contributed by atoms with E-state index in [0.29, 0.717) is 40.2 Å². The summed E-state index contributed by atoms with van der Waals surface area (Å²) in [5.74, 6) is 0.338. The highest BCUT2D eigenvalue weighted by Crippen LogP contribution is 2.22. The van der Waals surface area contributed by atoms with Crippen molar-refractivity contribution in [1.29, 1.82) is 5.41 Å². The fraction of sp³-hybridized carbons (Fsp3) is 0.478. The molecule has 1 aliphatic heterocycles. The minimum absolute atomic E-state index is 0.272. The maximum absolute atomic E-state index is 13.0. The SMILES string of the molecule is CC/C=C(\NCc1ccc(Cl)c(Cl)c1)NC(=O)/C(NCCN1CCN(C)CC1)=C(\C)C=N. The van der Waals surface area contributed by atoms with Gasteiger partial charge in [-0.2, -0.15) is 0 Å². The number of halogens is 2. The summed E-state index contributed by atoms with van der Waals surface area (Å²) in [5.41, 5.74) is 1.95. The summed E-state index contributed by atoms with van der Waals surface area (Å²) in [7, 11) is 2.13. The third-order valence-corrected chi connectivity index (χ3v) is 6.03. The van der Waals surface area contributed by atoms with E-state index in [2.05, 4.69) is 32.8 Å². The Balaban J connectivity index is 1.95. The Bertz CT molecular complexity index is 847. The van der Waals surface area contributed by atoms with Gasteiger partial charge in [-0.3, -0.25) is 9.69 Å². The summed E-state index contributed by atoms with van der Waals surface area (Å²) in [6.45, 7) is 9.89. The van der Waals surface area contributed by atoms with E-state index >= 15 is 0 Å². The predicted octanol–water partition coefficient (Wildman–Crippen LogP) is 3.21. The number of nitrogens with zero attached hydrogens (tertiary/aromatic N) is 2. The minimum atomic E-state index is -0.272. The number of carbonyl (C=O) groups excluding carboxylic acids is 1. The van der Waals surface area contributed by atoms with Crippen LogP contribution < -0.4 is 16.0 Å². The van der Waals surface area contributed by atoms with Crippen LogP contribution in [-0.4, -0.2) is 68.2 Å². The summed E-state index contributed by atoms with van der Waals surface area (Å²) in [6.07, 6.45) is 3.87. The van der Waals surface area contributed by atoms with Gasteiger partial charge in [-0.05, 0) is 49.7 Å². The Morgan fingerprint density at radius 1 is 1.16 bits per heavy atom. The van der Waals surface area contributed by atoms with Crippen molar-refractivity contribution in [2.45, 2.75) is 26.8 Å². The van der Waals surface area contributed by atoms with Gasteiger partial charge >= 0.3 is 0 Å². The molecule has 1 heterocycles. The van der Waals surface area contributed by atoms with E-state index in [9.17, 15) is 4.79 Å². The predicted molar refractivity (Wildman–Crippen MR) is 133 cm³/mol. The van der Waals surface area contributed by atoms with Crippen molar-refractivity contribution < 1.29 is 4.79 Å². The normalized spacial score (nSPS) is 16.3. The molecule has 4 N–H and O–H groups in total. The Morgan fingerprint density at radius 2 is 1.88 bits per heavy atom. The van der Waals surface area contributed by atoms with E-state index in [0.717, 1.165) is 44.7 Å². The molecule has 9 heteroatoms. The molecule has 0 spiro atoms. The van der Waals surface area contributed by atoms with Gasteiger partial charge < -0.3 is 26.3 Å². The lowest BCUT2D eigenvalue weighted by Gasteiger charge is -2.32. The zero-order chi connectivity index (χ0) is 23.5. The number of likely N-dealkylation sites (N-methyl/N-ethyl adjacent to an activating group) is 1. The topological polar surface area (TPSA) is 83.5 Å². The summed E-state index contributed by atoms with van der Waals surface area (Å²) in [6, 6.07) is 5.44. The molecule has 1 aliphatic rings. The largest absolute Gasteiger partial charge is 0.379 e. The molecule has 0 aromatic heterocycles. The van der Waals surface area contributed by atoms with E-state index in [1.54, 1.807) is 19.1 Å². The molecule has 1 fully saturated rings. The van der Waals surface area contributed by atoms with Crippen molar-refractivity contribution in [2.75, 3.05) is 46.3 Å². The zero-order valence-electron chi connectivity index (χ0n) is 19.1. The minimum Gasteiger partial charge on any atom is -0.379 e. The highest BCUT2D eigenvalue weighted by atomic mass is 35.5. The second-order valence-electron chi connectivity index (χ2n) is 7.86. The summed E-state index contributed by atoms with van der Waals surface area (Å²) >= 11 is 12.1. The molecule has 32 heavy (non-hydrogen) atoms. The summed E-state index contributed by atoms with van der Waals surface area (Å²) in [4.78, 5) is 17.7. The van der Waals surface area contributed by atoms with Crippen LogP contribution in [0.1, 0.15) is 25.8 Å². The van der Waals surface area contributed by atoms with Crippen molar-refractivity contribution in [1.82, 2.24) is 25.8 Å². The van der Waals surface area contributed by atoms with Gasteiger partial charge in [0.2, 0.25) is 0 Å². The van der Waals surface area contributed by atoms with Gasteiger partial charge in [0.1, 0.15) is 11.5 Å². The number of nitrogens with one attached hydrogen (secondary N) is 4. The molecule has 1 aromatic rings. The van der Waals surface area contributed by atoms with Gasteiger partial charge in [0.25, 0.3) is 5.91 Å². The first-order valence-electron chi connectivity index (χ1n) is 10.9. The maximum Gasteiger partial charge on any atom is 0.273 e. The van der Waals surface area contributed by atoms with E-state index in [1.165, 1.54) is 6.21 Å². The lowest BCUT2D eigenvalue weighted by atomic mass is 10.2. The first-order chi connectivity index (χ1) is 15.3. The molecule has 176 valence electrons. The van der Waals surface area contributed by atoms with Crippen LogP contribution in [0.25, 0.3) is 0 Å². The molecule has 2 rings (SSSR count). The number of hydrogen-bond acceptors (Lipinski definition) is 6. The van der Waals surface area contributed by atoms with Gasteiger partial charge in [-0.15, -0.1) is 0 Å². The Labute approximate surface area is 201 Å². The summed E-state index contributed by atoms with van der Waals surface area (Å²) in [5, 5.41) is 18.0. The van der Waals surface area contributed by atoms with Crippen molar-refractivity contribution in [3.63, 3.8) is 0 Å². The highest BCUT2D eigenvalue weighted by Gasteiger charge is 2.16. The maximum atomic E-state index is 13.0. The van der Waals surface area contributed by atoms with E-state index in [-0.39, 0.29) is 5.91 Å². The van der Waals surface area contributed by atoms with Crippen LogP contribution in [0, 0.1) is 5.41 Å². The molecule has 1 saturated heterocycles. The first kappa shape index (κ1) is 26.2. The average molecular weight is 481 g/mol. The number of carbonyl (C=O) groups is 1. The quantitative estimate of drug-likeness (QED) is 0.288. The van der Waals surface area contributed by atoms with Gasteiger partial charge in [0, 0.05) is 52.0 Å². The monoisotopic (exact) mass is 480 g/mol. The number of benzene rings is 1. The Kier molecular flexibility index (Phi) is 11.0. The molecule has 0 radical (unpaired) electrons. The Hall–Kier alpha value is -2.06. The molecular formula is C23H34Cl2N6O. The fourth-order valence-corrected chi connectivity index (χ4v) is 3.61. The molecule has 0 aliphatic carbocycles. The van der Waals surface area contributed by atoms with Crippen molar-refractivity contribution in [3.05, 3.63) is 57.0 Å². The van der Waals surface area contributed by atoms with E-state index < -0.39 is 0 Å². The summed E-state index contributed by atoms with van der Waals surface area (Å²) < 4.78 is 0. The highest BCUT2D eigenvalue weighted by molar-refractivity contribution is 6.42. The molecule has 1 aromatic carbocycles. The Morgan fingerprint density at radius 3 is 2.50 bits per heavy atom. The van der Waals surface area contributed by atoms with Gasteiger partial charge in [-0.1, -0.05) is 36.2 Å². The molecule has 0 bridgehead atoms. The van der Waals surface area contributed by atoms with Crippen molar-refractivity contribution in [3.8, 4) is 0 Å². The third kappa shape index (κ3) is 8.47. The number of piperazine rings is 1. The van der Waals surface area contributed by atoms with Crippen LogP contribution in [0.5, 0.6) is 0 Å². The number of allylic oxidation sites excluding steroid dienone is 2. The average Bonchev–Trinajstić information content (AvgIpc) is 2.78. The number of hydrogen-bond donors (Lipinski definition) is 4. The molecule has 0 atom stereocenters. The first-order valence-corrected chi connectivity index (χ1v) is 11.6. The lowest BCUT2D eigenvalue weighted by molar-refractivity contribution is -0.117. The standard InChI is InChI=1S/C23H34Cl2N6O/c1-4-5-21(28-16-18-6-7-19(24)20(25)14-18)29-23(32)22(17(2)15-26)27-8-9-31-12-10-30(3)11-13-31/h5-7,14-15,26-28H,4,8-13,16H2,1-3H3,(H,29,32)/b21-5+,22-17-,26-15?. The van der Waals surface area contributed by atoms with Crippen LogP contribution in [0.3, 0.4) is 0 Å². The second-order valence-corrected chi connectivity index (χ2v) is 8.67. The lowest BCUT2D eigenvalue weighted by Crippen LogP contribution is -2.47. The van der Waals surface area contributed by atoms with Crippen molar-refractivity contribution >= 4 is 35.3 Å². The van der Waals surface area contributed by atoms with Crippen LogP contribution >= 0.6 is 23.2 Å².